The van der Waals surface area contributed by atoms with Gasteiger partial charge in [0.15, 0.2) is 0 Å². The normalized spacial score (nSPS) is 24.7. The molecule has 0 aromatic carbocycles. The maximum atomic E-state index is 12.0. The minimum absolute atomic E-state index is 0.0208. The number of methoxy groups -OCH3 is 1. The standard InChI is InChI=1S/C15H27NO2/c1-18-15(17)14(13-8-4-2-5-9-13)12-16-10-6-3-7-11-16/h13-14H,2-12H2,1H3. The Kier molecular flexibility index (Phi) is 5.48. The van der Waals surface area contributed by atoms with Gasteiger partial charge in [0.1, 0.15) is 0 Å². The van der Waals surface area contributed by atoms with Crippen LogP contribution in [0.15, 0.2) is 0 Å². The molecule has 0 N–H and O–H groups in total. The van der Waals surface area contributed by atoms with Gasteiger partial charge >= 0.3 is 5.97 Å². The predicted octanol–water partition coefficient (Wildman–Crippen LogP) is 2.84. The number of ether oxygens (including phenoxy) is 1. The van der Waals surface area contributed by atoms with Gasteiger partial charge in [0.2, 0.25) is 0 Å². The van der Waals surface area contributed by atoms with Gasteiger partial charge in [-0.2, -0.15) is 0 Å². The summed E-state index contributed by atoms with van der Waals surface area (Å²) in [7, 11) is 1.54. The predicted molar refractivity (Wildman–Crippen MR) is 72.4 cm³/mol. The van der Waals surface area contributed by atoms with E-state index in [-0.39, 0.29) is 11.9 Å². The van der Waals surface area contributed by atoms with Crippen molar-refractivity contribution < 1.29 is 9.53 Å². The Labute approximate surface area is 111 Å². The summed E-state index contributed by atoms with van der Waals surface area (Å²) in [5, 5.41) is 0. The van der Waals surface area contributed by atoms with Crippen molar-refractivity contribution in [2.75, 3.05) is 26.7 Å². The molecule has 2 rings (SSSR count). The van der Waals surface area contributed by atoms with Crippen molar-refractivity contribution in [3.8, 4) is 0 Å². The third-order valence-electron chi connectivity index (χ3n) is 4.63. The first-order chi connectivity index (χ1) is 8.81. The van der Waals surface area contributed by atoms with Crippen LogP contribution in [0.5, 0.6) is 0 Å². The van der Waals surface area contributed by atoms with E-state index in [0.717, 1.165) is 6.54 Å². The first kappa shape index (κ1) is 13.9. The first-order valence-electron chi connectivity index (χ1n) is 7.61. The Morgan fingerprint density at radius 3 is 2.33 bits per heavy atom. The van der Waals surface area contributed by atoms with Crippen molar-refractivity contribution in [1.82, 2.24) is 4.90 Å². The molecule has 1 heterocycles. The smallest absolute Gasteiger partial charge is 0.310 e. The van der Waals surface area contributed by atoms with E-state index in [9.17, 15) is 4.79 Å². The second-order valence-corrected chi connectivity index (χ2v) is 5.89. The average molecular weight is 253 g/mol. The molecule has 1 atom stereocenters. The van der Waals surface area contributed by atoms with Crippen LogP contribution in [-0.4, -0.2) is 37.6 Å². The SMILES string of the molecule is COC(=O)C(CN1CCCCC1)C1CCCCC1. The van der Waals surface area contributed by atoms with Crippen molar-refractivity contribution >= 4 is 5.97 Å². The van der Waals surface area contributed by atoms with Gasteiger partial charge in [0.25, 0.3) is 0 Å². The first-order valence-corrected chi connectivity index (χ1v) is 7.61. The lowest BCUT2D eigenvalue weighted by Crippen LogP contribution is -2.40. The number of carbonyl (C=O) groups is 1. The summed E-state index contributed by atoms with van der Waals surface area (Å²) < 4.78 is 5.04. The number of piperidine rings is 1. The summed E-state index contributed by atoms with van der Waals surface area (Å²) in [5.41, 5.74) is 0. The molecule has 2 fully saturated rings. The number of carbonyl (C=O) groups excluding carboxylic acids is 1. The Morgan fingerprint density at radius 1 is 1.11 bits per heavy atom. The Hall–Kier alpha value is -0.570. The molecule has 3 nitrogen and oxygen atoms in total. The topological polar surface area (TPSA) is 29.5 Å². The molecule has 3 heteroatoms. The lowest BCUT2D eigenvalue weighted by Gasteiger charge is -2.34. The minimum atomic E-state index is 0.0208. The molecule has 0 amide bonds. The fourth-order valence-electron chi connectivity index (χ4n) is 3.52. The van der Waals surface area contributed by atoms with E-state index in [4.69, 9.17) is 4.74 Å². The maximum absolute atomic E-state index is 12.0. The second kappa shape index (κ2) is 7.13. The van der Waals surface area contributed by atoms with E-state index in [2.05, 4.69) is 4.90 Å². The average Bonchev–Trinajstić information content (AvgIpc) is 2.46. The van der Waals surface area contributed by atoms with Crippen LogP contribution in [0, 0.1) is 11.8 Å². The number of nitrogens with zero attached hydrogens (tertiary/aromatic N) is 1. The summed E-state index contributed by atoms with van der Waals surface area (Å²) in [4.78, 5) is 14.5. The third-order valence-corrected chi connectivity index (χ3v) is 4.63. The molecule has 0 bridgehead atoms. The molecular formula is C15H27NO2. The van der Waals surface area contributed by atoms with E-state index in [0.29, 0.717) is 5.92 Å². The molecule has 0 aromatic rings. The number of hydrogen-bond donors (Lipinski definition) is 0. The van der Waals surface area contributed by atoms with E-state index in [1.165, 1.54) is 71.6 Å². The maximum Gasteiger partial charge on any atom is 0.310 e. The van der Waals surface area contributed by atoms with Gasteiger partial charge < -0.3 is 9.64 Å². The number of likely N-dealkylation sites (tertiary alicyclic amines) is 1. The highest BCUT2D eigenvalue weighted by Gasteiger charge is 2.32. The highest BCUT2D eigenvalue weighted by molar-refractivity contribution is 5.72. The van der Waals surface area contributed by atoms with Gasteiger partial charge in [0.05, 0.1) is 13.0 Å². The van der Waals surface area contributed by atoms with E-state index in [1.807, 2.05) is 0 Å². The van der Waals surface area contributed by atoms with Crippen LogP contribution in [0.4, 0.5) is 0 Å². The molecule has 18 heavy (non-hydrogen) atoms. The summed E-state index contributed by atoms with van der Waals surface area (Å²) in [5.74, 6) is 0.703. The summed E-state index contributed by atoms with van der Waals surface area (Å²) in [6.07, 6.45) is 10.3. The van der Waals surface area contributed by atoms with Crippen LogP contribution in [0.3, 0.4) is 0 Å². The van der Waals surface area contributed by atoms with Gasteiger partial charge in [0, 0.05) is 6.54 Å². The molecule has 1 aliphatic heterocycles. The largest absolute Gasteiger partial charge is 0.469 e. The van der Waals surface area contributed by atoms with Gasteiger partial charge in [-0.3, -0.25) is 4.79 Å². The van der Waals surface area contributed by atoms with Crippen molar-refractivity contribution in [2.24, 2.45) is 11.8 Å². The van der Waals surface area contributed by atoms with Gasteiger partial charge in [-0.1, -0.05) is 25.7 Å². The Morgan fingerprint density at radius 2 is 1.72 bits per heavy atom. The molecule has 0 radical (unpaired) electrons. The van der Waals surface area contributed by atoms with E-state index >= 15 is 0 Å². The number of esters is 1. The molecule has 2 aliphatic rings. The van der Waals surface area contributed by atoms with Crippen molar-refractivity contribution in [3.05, 3.63) is 0 Å². The summed E-state index contributed by atoms with van der Waals surface area (Å²) in [6.45, 7) is 3.26. The van der Waals surface area contributed by atoms with E-state index < -0.39 is 0 Å². The molecule has 1 saturated carbocycles. The van der Waals surface area contributed by atoms with Crippen LogP contribution in [0.2, 0.25) is 0 Å². The molecular weight excluding hydrogens is 226 g/mol. The van der Waals surface area contributed by atoms with Crippen molar-refractivity contribution in [1.29, 1.82) is 0 Å². The zero-order chi connectivity index (χ0) is 12.8. The molecule has 1 aliphatic carbocycles. The Balaban J connectivity index is 1.92. The second-order valence-electron chi connectivity index (χ2n) is 5.89. The molecule has 0 spiro atoms. The highest BCUT2D eigenvalue weighted by atomic mass is 16.5. The summed E-state index contributed by atoms with van der Waals surface area (Å²) in [6, 6.07) is 0. The van der Waals surface area contributed by atoms with Crippen LogP contribution in [-0.2, 0) is 9.53 Å². The minimum Gasteiger partial charge on any atom is -0.469 e. The fourth-order valence-corrected chi connectivity index (χ4v) is 3.52. The lowest BCUT2D eigenvalue weighted by molar-refractivity contribution is -0.148. The van der Waals surface area contributed by atoms with Gasteiger partial charge in [-0.15, -0.1) is 0 Å². The van der Waals surface area contributed by atoms with Crippen molar-refractivity contribution in [2.45, 2.75) is 51.4 Å². The zero-order valence-electron chi connectivity index (χ0n) is 11.7. The monoisotopic (exact) mass is 253 g/mol. The van der Waals surface area contributed by atoms with Gasteiger partial charge in [-0.05, 0) is 44.7 Å². The quantitative estimate of drug-likeness (QED) is 0.722. The van der Waals surface area contributed by atoms with E-state index in [1.54, 1.807) is 0 Å². The molecule has 1 unspecified atom stereocenters. The fraction of sp³-hybridized carbons (Fsp3) is 0.933. The zero-order valence-corrected chi connectivity index (χ0v) is 11.7. The number of rotatable bonds is 4. The molecule has 0 aromatic heterocycles. The van der Waals surface area contributed by atoms with Crippen LogP contribution < -0.4 is 0 Å². The summed E-state index contributed by atoms with van der Waals surface area (Å²) >= 11 is 0. The molecule has 1 saturated heterocycles. The number of hydrogen-bond acceptors (Lipinski definition) is 3. The lowest BCUT2D eigenvalue weighted by atomic mass is 9.79. The van der Waals surface area contributed by atoms with Crippen molar-refractivity contribution in [3.63, 3.8) is 0 Å². The van der Waals surface area contributed by atoms with Crippen LogP contribution in [0.1, 0.15) is 51.4 Å². The van der Waals surface area contributed by atoms with Crippen LogP contribution in [0.25, 0.3) is 0 Å². The third kappa shape index (κ3) is 3.71. The Bertz CT molecular complexity index is 255. The van der Waals surface area contributed by atoms with Gasteiger partial charge in [-0.25, -0.2) is 0 Å². The van der Waals surface area contributed by atoms with Crippen LogP contribution >= 0.6 is 0 Å². The molecule has 104 valence electrons. The highest BCUT2D eigenvalue weighted by Crippen LogP contribution is 2.31.